The fourth-order valence-corrected chi connectivity index (χ4v) is 2.68. The third kappa shape index (κ3) is 1.59. The van der Waals surface area contributed by atoms with Gasteiger partial charge in [0.05, 0.1) is 6.61 Å². The van der Waals surface area contributed by atoms with E-state index in [0.717, 1.165) is 55.7 Å². The zero-order valence-corrected chi connectivity index (χ0v) is 9.26. The maximum absolute atomic E-state index is 13.9. The molecule has 1 N–H and O–H groups in total. The third-order valence-corrected chi connectivity index (χ3v) is 3.47. The molecule has 1 saturated heterocycles. The number of ether oxygens (including phenoxy) is 1. The number of nitrogens with one attached hydrogen (secondary N) is 1. The Morgan fingerprint density at radius 2 is 2.25 bits per heavy atom. The second-order valence-electron chi connectivity index (χ2n) is 4.55. The molecule has 3 heteroatoms. The molecule has 0 radical (unpaired) electrons. The van der Waals surface area contributed by atoms with E-state index in [1.165, 1.54) is 0 Å². The summed E-state index contributed by atoms with van der Waals surface area (Å²) in [5.41, 5.74) is 1.92. The van der Waals surface area contributed by atoms with Crippen LogP contribution in [0.15, 0.2) is 12.1 Å². The maximum atomic E-state index is 13.9. The van der Waals surface area contributed by atoms with E-state index >= 15 is 0 Å². The lowest BCUT2D eigenvalue weighted by Crippen LogP contribution is -2.19. The molecule has 0 aromatic heterocycles. The number of rotatable bonds is 1. The third-order valence-electron chi connectivity index (χ3n) is 3.47. The van der Waals surface area contributed by atoms with Crippen LogP contribution in [0, 0.1) is 5.82 Å². The van der Waals surface area contributed by atoms with E-state index in [1.54, 1.807) is 6.07 Å². The van der Waals surface area contributed by atoms with Crippen LogP contribution in [0.2, 0.25) is 0 Å². The Balaban J connectivity index is 2.06. The van der Waals surface area contributed by atoms with Gasteiger partial charge in [0.1, 0.15) is 11.6 Å². The fourth-order valence-electron chi connectivity index (χ4n) is 2.68. The monoisotopic (exact) mass is 221 g/mol. The van der Waals surface area contributed by atoms with Crippen molar-refractivity contribution in [3.05, 3.63) is 29.1 Å². The van der Waals surface area contributed by atoms with E-state index in [2.05, 4.69) is 5.32 Å². The van der Waals surface area contributed by atoms with E-state index in [9.17, 15) is 4.39 Å². The number of hydrogen-bond acceptors (Lipinski definition) is 2. The van der Waals surface area contributed by atoms with Crippen molar-refractivity contribution in [3.63, 3.8) is 0 Å². The number of halogens is 1. The molecular formula is C13H16FNO. The van der Waals surface area contributed by atoms with Crippen LogP contribution in [0.5, 0.6) is 5.75 Å². The average Bonchev–Trinajstić information content (AvgIpc) is 2.82. The molecule has 2 aliphatic rings. The van der Waals surface area contributed by atoms with Gasteiger partial charge in [0.2, 0.25) is 0 Å². The molecule has 1 atom stereocenters. The first-order valence-electron chi connectivity index (χ1n) is 6.04. The molecule has 2 aliphatic heterocycles. The van der Waals surface area contributed by atoms with Gasteiger partial charge in [-0.15, -0.1) is 0 Å². The van der Waals surface area contributed by atoms with Crippen LogP contribution >= 0.6 is 0 Å². The molecule has 0 bridgehead atoms. The van der Waals surface area contributed by atoms with Gasteiger partial charge in [-0.2, -0.15) is 0 Å². The molecule has 0 amide bonds. The van der Waals surface area contributed by atoms with E-state index in [0.29, 0.717) is 0 Å². The van der Waals surface area contributed by atoms with Crippen molar-refractivity contribution in [2.75, 3.05) is 13.2 Å². The lowest BCUT2D eigenvalue weighted by Gasteiger charge is -2.23. The summed E-state index contributed by atoms with van der Waals surface area (Å²) >= 11 is 0. The van der Waals surface area contributed by atoms with Gasteiger partial charge >= 0.3 is 0 Å². The number of hydrogen-bond donors (Lipinski definition) is 1. The largest absolute Gasteiger partial charge is 0.493 e. The first kappa shape index (κ1) is 10.1. The van der Waals surface area contributed by atoms with Crippen molar-refractivity contribution in [1.29, 1.82) is 0 Å². The molecular weight excluding hydrogens is 205 g/mol. The van der Waals surface area contributed by atoms with Gasteiger partial charge in [-0.1, -0.05) is 6.07 Å². The van der Waals surface area contributed by atoms with Crippen molar-refractivity contribution in [3.8, 4) is 5.75 Å². The molecule has 2 nitrogen and oxygen atoms in total. The van der Waals surface area contributed by atoms with Gasteiger partial charge in [-0.05, 0) is 43.9 Å². The molecule has 1 aromatic carbocycles. The smallest absolute Gasteiger partial charge is 0.131 e. The Morgan fingerprint density at radius 1 is 1.31 bits per heavy atom. The van der Waals surface area contributed by atoms with Crippen LogP contribution in [-0.4, -0.2) is 13.2 Å². The second kappa shape index (κ2) is 4.06. The minimum atomic E-state index is -0.125. The molecule has 0 unspecified atom stereocenters. The summed E-state index contributed by atoms with van der Waals surface area (Å²) in [6, 6.07) is 3.60. The van der Waals surface area contributed by atoms with Crippen molar-refractivity contribution in [2.24, 2.45) is 0 Å². The lowest BCUT2D eigenvalue weighted by atomic mass is 9.96. The molecule has 0 spiro atoms. The molecule has 1 aromatic rings. The maximum Gasteiger partial charge on any atom is 0.131 e. The van der Waals surface area contributed by atoms with Gasteiger partial charge in [0, 0.05) is 11.6 Å². The zero-order valence-electron chi connectivity index (χ0n) is 9.26. The first-order chi connectivity index (χ1) is 7.86. The Labute approximate surface area is 94.8 Å². The Hall–Kier alpha value is -1.09. The Kier molecular flexibility index (Phi) is 2.56. The van der Waals surface area contributed by atoms with Gasteiger partial charge in [-0.25, -0.2) is 4.39 Å². The first-order valence-corrected chi connectivity index (χ1v) is 6.04. The second-order valence-corrected chi connectivity index (χ2v) is 4.55. The van der Waals surface area contributed by atoms with Crippen molar-refractivity contribution >= 4 is 0 Å². The number of aryl methyl sites for hydroxylation is 1. The normalized spacial score (nSPS) is 23.9. The lowest BCUT2D eigenvalue weighted by molar-refractivity contribution is 0.279. The molecule has 3 rings (SSSR count). The van der Waals surface area contributed by atoms with Gasteiger partial charge < -0.3 is 10.1 Å². The van der Waals surface area contributed by atoms with Crippen LogP contribution in [0.25, 0.3) is 0 Å². The molecule has 1 fully saturated rings. The summed E-state index contributed by atoms with van der Waals surface area (Å²) in [5, 5.41) is 3.34. The highest BCUT2D eigenvalue weighted by atomic mass is 19.1. The van der Waals surface area contributed by atoms with Crippen molar-refractivity contribution in [1.82, 2.24) is 5.32 Å². The van der Waals surface area contributed by atoms with Crippen LogP contribution in [0.1, 0.15) is 36.4 Å². The van der Waals surface area contributed by atoms with Crippen LogP contribution < -0.4 is 10.1 Å². The minimum Gasteiger partial charge on any atom is -0.493 e. The summed E-state index contributed by atoms with van der Waals surface area (Å²) in [6.07, 6.45) is 4.18. The van der Waals surface area contributed by atoms with E-state index in [1.807, 2.05) is 6.07 Å². The van der Waals surface area contributed by atoms with Gasteiger partial charge in [-0.3, -0.25) is 0 Å². The van der Waals surface area contributed by atoms with Crippen LogP contribution in [0.3, 0.4) is 0 Å². The highest BCUT2D eigenvalue weighted by molar-refractivity contribution is 5.45. The summed E-state index contributed by atoms with van der Waals surface area (Å²) in [5.74, 6) is 0.686. The van der Waals surface area contributed by atoms with Crippen molar-refractivity contribution < 1.29 is 9.13 Å². The summed E-state index contributed by atoms with van der Waals surface area (Å²) in [7, 11) is 0. The number of fused-ring (bicyclic) bond motifs is 1. The summed E-state index contributed by atoms with van der Waals surface area (Å²) in [6.45, 7) is 1.70. The quantitative estimate of drug-likeness (QED) is 0.787. The summed E-state index contributed by atoms with van der Waals surface area (Å²) < 4.78 is 19.6. The minimum absolute atomic E-state index is 0.125. The average molecular weight is 221 g/mol. The fraction of sp³-hybridized carbons (Fsp3) is 0.538. The van der Waals surface area contributed by atoms with Gasteiger partial charge in [0.25, 0.3) is 0 Å². The molecule has 16 heavy (non-hydrogen) atoms. The van der Waals surface area contributed by atoms with E-state index in [4.69, 9.17) is 4.74 Å². The standard InChI is InChI=1S/C13H16FNO/c14-10-6-5-9-3-2-8-16-13(9)12(10)11-4-1-7-15-11/h5-6,11,15H,1-4,7-8H2/t11-/m0/s1. The Morgan fingerprint density at radius 3 is 3.06 bits per heavy atom. The zero-order chi connectivity index (χ0) is 11.0. The predicted octanol–water partition coefficient (Wildman–Crippen LogP) is 2.58. The SMILES string of the molecule is Fc1ccc2c(c1[C@@H]1CCCN1)OCCC2. The number of benzene rings is 1. The summed E-state index contributed by atoms with van der Waals surface area (Å²) in [4.78, 5) is 0. The van der Waals surface area contributed by atoms with Crippen molar-refractivity contribution in [2.45, 2.75) is 31.7 Å². The molecule has 0 aliphatic carbocycles. The molecule has 0 saturated carbocycles. The highest BCUT2D eigenvalue weighted by Gasteiger charge is 2.26. The molecule has 86 valence electrons. The predicted molar refractivity (Wildman–Crippen MR) is 60.2 cm³/mol. The molecule has 2 heterocycles. The van der Waals surface area contributed by atoms with Crippen LogP contribution in [-0.2, 0) is 6.42 Å². The van der Waals surface area contributed by atoms with E-state index < -0.39 is 0 Å². The topological polar surface area (TPSA) is 21.3 Å². The van der Waals surface area contributed by atoms with E-state index in [-0.39, 0.29) is 11.9 Å². The highest BCUT2D eigenvalue weighted by Crippen LogP contribution is 2.37. The Bertz CT molecular complexity index is 399. The van der Waals surface area contributed by atoms with Gasteiger partial charge in [0.15, 0.2) is 0 Å². The van der Waals surface area contributed by atoms with Crippen LogP contribution in [0.4, 0.5) is 4.39 Å².